The van der Waals surface area contributed by atoms with Crippen LogP contribution < -0.4 is 0 Å². The lowest BCUT2D eigenvalue weighted by atomic mass is 10.1. The molecule has 0 aliphatic carbocycles. The maximum atomic E-state index is 12.3. The van der Waals surface area contributed by atoms with Crippen LogP contribution in [0, 0.1) is 6.92 Å². The molecule has 0 aromatic carbocycles. The Morgan fingerprint density at radius 2 is 2.33 bits per heavy atom. The summed E-state index contributed by atoms with van der Waals surface area (Å²) >= 11 is 0. The first-order valence-corrected chi connectivity index (χ1v) is 7.67. The molecule has 1 fully saturated rings. The second-order valence-electron chi connectivity index (χ2n) is 6.11. The molecule has 118 valence electrons. The molecule has 1 aromatic rings. The monoisotopic (exact) mass is 294 g/mol. The Labute approximate surface area is 126 Å². The summed E-state index contributed by atoms with van der Waals surface area (Å²) in [5, 5.41) is 9.54. The van der Waals surface area contributed by atoms with Gasteiger partial charge < -0.3 is 14.4 Å². The number of carbonyl (C=O) groups excluding carboxylic acids is 1. The molecule has 1 N–H and O–H groups in total. The molecule has 0 radical (unpaired) electrons. The van der Waals surface area contributed by atoms with Crippen molar-refractivity contribution in [2.75, 3.05) is 20.1 Å². The minimum absolute atomic E-state index is 0.0987. The van der Waals surface area contributed by atoms with E-state index in [1.165, 1.54) is 0 Å². The van der Waals surface area contributed by atoms with Gasteiger partial charge >= 0.3 is 0 Å². The van der Waals surface area contributed by atoms with Crippen molar-refractivity contribution in [3.8, 4) is 0 Å². The van der Waals surface area contributed by atoms with E-state index >= 15 is 0 Å². The zero-order valence-corrected chi connectivity index (χ0v) is 13.2. The first kappa shape index (κ1) is 16.0. The number of furan rings is 1. The minimum atomic E-state index is -0.311. The Balaban J connectivity index is 1.85. The first-order valence-electron chi connectivity index (χ1n) is 7.67. The van der Waals surface area contributed by atoms with E-state index in [0.717, 1.165) is 37.3 Å². The third-order valence-electron chi connectivity index (χ3n) is 4.07. The summed E-state index contributed by atoms with van der Waals surface area (Å²) in [5.74, 6) is 1.77. The van der Waals surface area contributed by atoms with Crippen molar-refractivity contribution in [1.82, 2.24) is 9.80 Å². The lowest BCUT2D eigenvalue weighted by Crippen LogP contribution is -2.41. The Morgan fingerprint density at radius 1 is 1.57 bits per heavy atom. The average molecular weight is 294 g/mol. The summed E-state index contributed by atoms with van der Waals surface area (Å²) in [6.07, 6.45) is 2.61. The molecule has 0 saturated carbocycles. The lowest BCUT2D eigenvalue weighted by molar-refractivity contribution is -0.132. The van der Waals surface area contributed by atoms with E-state index in [-0.39, 0.29) is 12.0 Å². The van der Waals surface area contributed by atoms with Gasteiger partial charge in [0.15, 0.2) is 0 Å². The highest BCUT2D eigenvalue weighted by Gasteiger charge is 2.28. The van der Waals surface area contributed by atoms with Gasteiger partial charge in [-0.1, -0.05) is 0 Å². The summed E-state index contributed by atoms with van der Waals surface area (Å²) in [5.41, 5.74) is 0. The van der Waals surface area contributed by atoms with Gasteiger partial charge in [-0.3, -0.25) is 9.69 Å². The first-order chi connectivity index (χ1) is 9.95. The third-order valence-corrected chi connectivity index (χ3v) is 4.07. The minimum Gasteiger partial charge on any atom is -0.464 e. The number of amides is 1. The van der Waals surface area contributed by atoms with Gasteiger partial charge in [-0.2, -0.15) is 0 Å². The largest absolute Gasteiger partial charge is 0.464 e. The second kappa shape index (κ2) is 7.09. The number of aliphatic hydroxyl groups is 1. The van der Waals surface area contributed by atoms with Crippen molar-refractivity contribution in [3.05, 3.63) is 23.7 Å². The van der Waals surface area contributed by atoms with Crippen LogP contribution in [0.15, 0.2) is 16.5 Å². The summed E-state index contributed by atoms with van der Waals surface area (Å²) in [6, 6.07) is 4.14. The number of nitrogens with zero attached hydrogens (tertiary/aromatic N) is 2. The van der Waals surface area contributed by atoms with Crippen molar-refractivity contribution in [3.63, 3.8) is 0 Å². The normalized spacial score (nSPS) is 20.7. The smallest absolute Gasteiger partial charge is 0.236 e. The fraction of sp³-hybridized carbons (Fsp3) is 0.688. The van der Waals surface area contributed by atoms with Crippen LogP contribution >= 0.6 is 0 Å². The van der Waals surface area contributed by atoms with E-state index in [1.54, 1.807) is 11.9 Å². The van der Waals surface area contributed by atoms with Crippen LogP contribution in [0.25, 0.3) is 0 Å². The summed E-state index contributed by atoms with van der Waals surface area (Å²) in [6.45, 7) is 5.58. The van der Waals surface area contributed by atoms with E-state index in [9.17, 15) is 9.90 Å². The standard InChI is InChI=1S/C16H26N2O3/c1-12(19)9-14-5-4-8-18(14)11-16(20)17(3)10-15-7-6-13(2)21-15/h6-7,12,14,19H,4-5,8-11H2,1-3H3. The van der Waals surface area contributed by atoms with Crippen LogP contribution in [0.5, 0.6) is 0 Å². The van der Waals surface area contributed by atoms with Crippen molar-refractivity contribution in [1.29, 1.82) is 0 Å². The molecule has 21 heavy (non-hydrogen) atoms. The van der Waals surface area contributed by atoms with Gasteiger partial charge in [-0.15, -0.1) is 0 Å². The molecule has 2 rings (SSSR count). The fourth-order valence-corrected chi connectivity index (χ4v) is 2.95. The second-order valence-corrected chi connectivity index (χ2v) is 6.11. The zero-order chi connectivity index (χ0) is 15.4. The quantitative estimate of drug-likeness (QED) is 0.869. The van der Waals surface area contributed by atoms with Gasteiger partial charge in [-0.25, -0.2) is 0 Å². The lowest BCUT2D eigenvalue weighted by Gasteiger charge is -2.27. The number of aliphatic hydroxyl groups excluding tert-OH is 1. The van der Waals surface area contributed by atoms with Crippen LogP contribution in [0.3, 0.4) is 0 Å². The predicted molar refractivity (Wildman–Crippen MR) is 80.8 cm³/mol. The van der Waals surface area contributed by atoms with E-state index in [0.29, 0.717) is 19.1 Å². The number of hydrogen-bond acceptors (Lipinski definition) is 4. The summed E-state index contributed by atoms with van der Waals surface area (Å²) in [4.78, 5) is 16.2. The SMILES string of the molecule is Cc1ccc(CN(C)C(=O)CN2CCCC2CC(C)O)o1. The maximum absolute atomic E-state index is 12.3. The predicted octanol–water partition coefficient (Wildman–Crippen LogP) is 1.78. The van der Waals surface area contributed by atoms with Gasteiger partial charge in [0.05, 0.1) is 19.2 Å². The Kier molecular flexibility index (Phi) is 5.42. The highest BCUT2D eigenvalue weighted by molar-refractivity contribution is 5.78. The molecule has 1 amide bonds. The van der Waals surface area contributed by atoms with Gasteiger partial charge in [0.2, 0.25) is 5.91 Å². The van der Waals surface area contributed by atoms with Crippen molar-refractivity contribution >= 4 is 5.91 Å². The Hall–Kier alpha value is -1.33. The highest BCUT2D eigenvalue weighted by Crippen LogP contribution is 2.21. The average Bonchev–Trinajstić information content (AvgIpc) is 2.99. The van der Waals surface area contributed by atoms with Crippen molar-refractivity contribution in [2.45, 2.75) is 51.8 Å². The maximum Gasteiger partial charge on any atom is 0.236 e. The molecular weight excluding hydrogens is 268 g/mol. The molecule has 1 saturated heterocycles. The van der Waals surface area contributed by atoms with Crippen LogP contribution in [0.2, 0.25) is 0 Å². The van der Waals surface area contributed by atoms with Gasteiger partial charge in [0, 0.05) is 13.1 Å². The molecular formula is C16H26N2O3. The van der Waals surface area contributed by atoms with Crippen LogP contribution in [0.4, 0.5) is 0 Å². The van der Waals surface area contributed by atoms with Gasteiger partial charge in [0.25, 0.3) is 0 Å². The van der Waals surface area contributed by atoms with E-state index in [1.807, 2.05) is 26.0 Å². The molecule has 5 nitrogen and oxygen atoms in total. The molecule has 0 spiro atoms. The zero-order valence-electron chi connectivity index (χ0n) is 13.2. The molecule has 1 aliphatic heterocycles. The molecule has 2 atom stereocenters. The van der Waals surface area contributed by atoms with Crippen LogP contribution in [0.1, 0.15) is 37.7 Å². The highest BCUT2D eigenvalue weighted by atomic mass is 16.3. The van der Waals surface area contributed by atoms with Gasteiger partial charge in [-0.05, 0) is 51.8 Å². The molecule has 2 heterocycles. The number of likely N-dealkylation sites (N-methyl/N-ethyl adjacent to an activating group) is 1. The number of carbonyl (C=O) groups is 1. The topological polar surface area (TPSA) is 56.9 Å². The molecule has 0 bridgehead atoms. The molecule has 1 aromatic heterocycles. The van der Waals surface area contributed by atoms with Crippen LogP contribution in [-0.2, 0) is 11.3 Å². The van der Waals surface area contributed by atoms with E-state index < -0.39 is 0 Å². The number of rotatable bonds is 6. The molecule has 1 aliphatic rings. The molecule has 5 heteroatoms. The third kappa shape index (κ3) is 4.58. The van der Waals surface area contributed by atoms with Crippen molar-refractivity contribution < 1.29 is 14.3 Å². The summed E-state index contributed by atoms with van der Waals surface area (Å²) < 4.78 is 5.51. The van der Waals surface area contributed by atoms with Crippen molar-refractivity contribution in [2.24, 2.45) is 0 Å². The van der Waals surface area contributed by atoms with Gasteiger partial charge in [0.1, 0.15) is 11.5 Å². The fourth-order valence-electron chi connectivity index (χ4n) is 2.95. The summed E-state index contributed by atoms with van der Waals surface area (Å²) in [7, 11) is 1.81. The Bertz CT molecular complexity index is 470. The van der Waals surface area contributed by atoms with E-state index in [4.69, 9.17) is 4.42 Å². The molecule has 2 unspecified atom stereocenters. The number of hydrogen-bond donors (Lipinski definition) is 1. The Morgan fingerprint density at radius 3 is 2.95 bits per heavy atom. The van der Waals surface area contributed by atoms with E-state index in [2.05, 4.69) is 4.90 Å². The number of likely N-dealkylation sites (tertiary alicyclic amines) is 1. The van der Waals surface area contributed by atoms with Crippen LogP contribution in [-0.4, -0.2) is 53.1 Å². The number of aryl methyl sites for hydroxylation is 1.